The first kappa shape index (κ1) is 11.4. The first-order valence-electron chi connectivity index (χ1n) is 5.46. The van der Waals surface area contributed by atoms with E-state index in [1.807, 2.05) is 11.8 Å². The molecule has 1 aliphatic rings. The van der Waals surface area contributed by atoms with E-state index in [0.717, 1.165) is 5.75 Å². The van der Waals surface area contributed by atoms with Gasteiger partial charge in [0.15, 0.2) is 0 Å². The highest BCUT2D eigenvalue weighted by Gasteiger charge is 2.40. The molecule has 0 nitrogen and oxygen atoms in total. The summed E-state index contributed by atoms with van der Waals surface area (Å²) in [4.78, 5) is 1.45. The van der Waals surface area contributed by atoms with E-state index < -0.39 is 0 Å². The van der Waals surface area contributed by atoms with Crippen molar-refractivity contribution in [2.24, 2.45) is 5.41 Å². The zero-order valence-electron chi connectivity index (χ0n) is 9.42. The second-order valence-corrected chi connectivity index (χ2v) is 6.05. The first-order valence-corrected chi connectivity index (χ1v) is 7.08. The first-order chi connectivity index (χ1) is 7.15. The normalized spacial score (nSPS) is 17.8. The Balaban J connectivity index is 2.01. The molecule has 0 radical (unpaired) electrons. The van der Waals surface area contributed by atoms with E-state index in [4.69, 9.17) is 0 Å². The van der Waals surface area contributed by atoms with Crippen LogP contribution in [0, 0.1) is 19.3 Å². The van der Waals surface area contributed by atoms with Crippen molar-refractivity contribution in [3.63, 3.8) is 0 Å². The summed E-state index contributed by atoms with van der Waals surface area (Å²) in [5, 5.41) is 0. The number of benzene rings is 1. The molecule has 1 aromatic carbocycles. The largest absolute Gasteiger partial charge is 0.179 e. The molecular weight excluding hydrogens is 220 g/mol. The summed E-state index contributed by atoms with van der Waals surface area (Å²) in [5.41, 5.74) is 3.32. The topological polar surface area (TPSA) is 0 Å². The Morgan fingerprint density at radius 1 is 1.33 bits per heavy atom. The minimum Gasteiger partial charge on any atom is -0.179 e. The van der Waals surface area contributed by atoms with E-state index in [1.165, 1.54) is 34.6 Å². The van der Waals surface area contributed by atoms with Crippen molar-refractivity contribution in [3.8, 4) is 0 Å². The molecule has 0 aliphatic heterocycles. The quantitative estimate of drug-likeness (QED) is 0.608. The van der Waals surface area contributed by atoms with Gasteiger partial charge in [0.1, 0.15) is 0 Å². The lowest BCUT2D eigenvalue weighted by Gasteiger charge is -2.12. The monoisotopic (exact) mass is 238 g/mol. The molecule has 1 saturated carbocycles. The molecule has 15 heavy (non-hydrogen) atoms. The maximum Gasteiger partial charge on any atom is 0.0104 e. The molecule has 0 unspecified atom stereocenters. The highest BCUT2D eigenvalue weighted by Crippen LogP contribution is 2.50. The van der Waals surface area contributed by atoms with Crippen molar-refractivity contribution in [1.82, 2.24) is 0 Å². The smallest absolute Gasteiger partial charge is 0.0104 e. The van der Waals surface area contributed by atoms with Crippen molar-refractivity contribution in [3.05, 3.63) is 29.3 Å². The lowest BCUT2D eigenvalue weighted by atomic mass is 10.2. The van der Waals surface area contributed by atoms with Gasteiger partial charge in [-0.15, -0.1) is 11.8 Å². The van der Waals surface area contributed by atoms with Gasteiger partial charge in [0.25, 0.3) is 0 Å². The van der Waals surface area contributed by atoms with Crippen LogP contribution in [0.1, 0.15) is 24.0 Å². The lowest BCUT2D eigenvalue weighted by Crippen LogP contribution is -2.05. The molecule has 1 aromatic rings. The van der Waals surface area contributed by atoms with Crippen LogP contribution in [-0.4, -0.2) is 11.5 Å². The highest BCUT2D eigenvalue weighted by atomic mass is 32.2. The molecule has 0 saturated heterocycles. The van der Waals surface area contributed by atoms with Crippen LogP contribution in [0.5, 0.6) is 0 Å². The van der Waals surface area contributed by atoms with Crippen LogP contribution < -0.4 is 0 Å². The molecule has 0 spiro atoms. The molecule has 0 amide bonds. The average Bonchev–Trinajstić information content (AvgIpc) is 3.00. The predicted octanol–water partition coefficient (Wildman–Crippen LogP) is 4.11. The van der Waals surface area contributed by atoms with Gasteiger partial charge in [-0.3, -0.25) is 0 Å². The van der Waals surface area contributed by atoms with Gasteiger partial charge in [-0.25, -0.2) is 0 Å². The van der Waals surface area contributed by atoms with Crippen molar-refractivity contribution in [2.45, 2.75) is 31.6 Å². The molecule has 1 fully saturated rings. The van der Waals surface area contributed by atoms with E-state index in [2.05, 4.69) is 44.7 Å². The van der Waals surface area contributed by atoms with E-state index >= 15 is 0 Å². The summed E-state index contributed by atoms with van der Waals surface area (Å²) >= 11 is 6.45. The van der Waals surface area contributed by atoms with Crippen molar-refractivity contribution in [2.75, 3.05) is 11.5 Å². The highest BCUT2D eigenvalue weighted by molar-refractivity contribution is 7.99. The van der Waals surface area contributed by atoms with Crippen LogP contribution in [0.15, 0.2) is 23.1 Å². The van der Waals surface area contributed by atoms with E-state index in [-0.39, 0.29) is 0 Å². The Hall–Kier alpha value is -0.0800. The number of thiol groups is 1. The van der Waals surface area contributed by atoms with E-state index in [1.54, 1.807) is 0 Å². The summed E-state index contributed by atoms with van der Waals surface area (Å²) < 4.78 is 0. The Labute approximate surface area is 102 Å². The van der Waals surface area contributed by atoms with Gasteiger partial charge >= 0.3 is 0 Å². The van der Waals surface area contributed by atoms with Crippen LogP contribution in [0.25, 0.3) is 0 Å². The van der Waals surface area contributed by atoms with Gasteiger partial charge < -0.3 is 0 Å². The Kier molecular flexibility index (Phi) is 3.36. The van der Waals surface area contributed by atoms with Gasteiger partial charge in [-0.05, 0) is 49.5 Å². The average molecular weight is 238 g/mol. The molecule has 1 aliphatic carbocycles. The summed E-state index contributed by atoms with van der Waals surface area (Å²) in [6.45, 7) is 4.36. The third-order valence-electron chi connectivity index (χ3n) is 3.17. The van der Waals surface area contributed by atoms with Crippen molar-refractivity contribution < 1.29 is 0 Å². The summed E-state index contributed by atoms with van der Waals surface area (Å²) in [7, 11) is 0. The number of rotatable bonds is 4. The molecule has 82 valence electrons. The van der Waals surface area contributed by atoms with E-state index in [0.29, 0.717) is 5.41 Å². The maximum absolute atomic E-state index is 4.44. The molecule has 2 heteroatoms. The third kappa shape index (κ3) is 2.73. The van der Waals surface area contributed by atoms with Gasteiger partial charge in [0.05, 0.1) is 0 Å². The summed E-state index contributed by atoms with van der Waals surface area (Å²) in [6, 6.07) is 6.71. The second-order valence-electron chi connectivity index (χ2n) is 4.72. The zero-order valence-corrected chi connectivity index (χ0v) is 11.1. The van der Waals surface area contributed by atoms with Crippen LogP contribution in [0.2, 0.25) is 0 Å². The number of hydrogen-bond acceptors (Lipinski definition) is 2. The van der Waals surface area contributed by atoms with Crippen LogP contribution >= 0.6 is 24.4 Å². The number of aryl methyl sites for hydroxylation is 2. The van der Waals surface area contributed by atoms with Crippen molar-refractivity contribution >= 4 is 24.4 Å². The third-order valence-corrected chi connectivity index (χ3v) is 5.35. The van der Waals surface area contributed by atoms with Gasteiger partial charge in [-0.1, -0.05) is 17.7 Å². The van der Waals surface area contributed by atoms with E-state index in [9.17, 15) is 0 Å². The fourth-order valence-electron chi connectivity index (χ4n) is 1.62. The van der Waals surface area contributed by atoms with Crippen LogP contribution in [0.3, 0.4) is 0 Å². The summed E-state index contributed by atoms with van der Waals surface area (Å²) in [5.74, 6) is 2.28. The molecular formula is C13H18S2. The molecule has 0 bridgehead atoms. The zero-order chi connectivity index (χ0) is 10.9. The number of thioether (sulfide) groups is 1. The predicted molar refractivity (Wildman–Crippen MR) is 72.2 cm³/mol. The van der Waals surface area contributed by atoms with Gasteiger partial charge in [0.2, 0.25) is 0 Å². The van der Waals surface area contributed by atoms with Crippen LogP contribution in [-0.2, 0) is 0 Å². The minimum atomic E-state index is 0.559. The fraction of sp³-hybridized carbons (Fsp3) is 0.538. The molecule has 0 aromatic heterocycles. The van der Waals surface area contributed by atoms with Crippen molar-refractivity contribution in [1.29, 1.82) is 0 Å². The standard InChI is InChI=1S/C13H18S2/c1-10-3-4-11(2)12(7-10)15-9-13(8-14)5-6-13/h3-4,7,14H,5-6,8-9H2,1-2H3. The Bertz CT molecular complexity index is 354. The maximum atomic E-state index is 4.44. The fourth-order valence-corrected chi connectivity index (χ4v) is 3.62. The second kappa shape index (κ2) is 4.42. The molecule has 0 heterocycles. The van der Waals surface area contributed by atoms with Gasteiger partial charge in [-0.2, -0.15) is 12.6 Å². The minimum absolute atomic E-state index is 0.559. The molecule has 0 N–H and O–H groups in total. The lowest BCUT2D eigenvalue weighted by molar-refractivity contribution is 0.683. The summed E-state index contributed by atoms with van der Waals surface area (Å²) in [6.07, 6.45) is 2.74. The molecule has 2 rings (SSSR count). The Morgan fingerprint density at radius 2 is 2.07 bits per heavy atom. The molecule has 0 atom stereocenters. The van der Waals surface area contributed by atoms with Crippen LogP contribution in [0.4, 0.5) is 0 Å². The Morgan fingerprint density at radius 3 is 2.67 bits per heavy atom. The SMILES string of the molecule is Cc1ccc(C)c(SCC2(CS)CC2)c1. The van der Waals surface area contributed by atoms with Gasteiger partial charge in [0, 0.05) is 10.6 Å². The number of hydrogen-bond donors (Lipinski definition) is 1.